The van der Waals surface area contributed by atoms with E-state index in [1.807, 2.05) is 64.0 Å². The first-order chi connectivity index (χ1) is 18.9. The lowest BCUT2D eigenvalue weighted by Gasteiger charge is -2.35. The zero-order valence-corrected chi connectivity index (χ0v) is 24.0. The molecule has 0 aliphatic carbocycles. The summed E-state index contributed by atoms with van der Waals surface area (Å²) < 4.78 is 15.5. The van der Waals surface area contributed by atoms with Crippen LogP contribution >= 0.6 is 11.5 Å². The zero-order chi connectivity index (χ0) is 29.2. The van der Waals surface area contributed by atoms with Gasteiger partial charge in [0.2, 0.25) is 5.91 Å². The number of carbonyl (C=O) groups is 3. The normalized spacial score (nSPS) is 13.3. The third-order valence-electron chi connectivity index (χ3n) is 6.76. The number of benzene rings is 2. The summed E-state index contributed by atoms with van der Waals surface area (Å²) in [6.45, 7) is 6.53. The maximum Gasteiger partial charge on any atom is 0.273 e. The number of nitrogens with zero attached hydrogens (tertiary/aromatic N) is 3. The summed E-state index contributed by atoms with van der Waals surface area (Å²) in [7, 11) is 3.83. The molecular formula is C28H34N6O5S. The van der Waals surface area contributed by atoms with Crippen LogP contribution in [0.15, 0.2) is 42.5 Å². The summed E-state index contributed by atoms with van der Waals surface area (Å²) in [6.07, 6.45) is 0.659. The van der Waals surface area contributed by atoms with Crippen LogP contribution < -0.4 is 36.1 Å². The van der Waals surface area contributed by atoms with Crippen LogP contribution in [-0.4, -0.2) is 54.9 Å². The first-order valence-corrected chi connectivity index (χ1v) is 13.6. The van der Waals surface area contributed by atoms with Crippen molar-refractivity contribution in [2.45, 2.75) is 38.8 Å². The first kappa shape index (κ1) is 28.7. The van der Waals surface area contributed by atoms with Crippen molar-refractivity contribution in [1.29, 1.82) is 0 Å². The van der Waals surface area contributed by atoms with Gasteiger partial charge in [-0.1, -0.05) is 19.1 Å². The Morgan fingerprint density at radius 1 is 1.05 bits per heavy atom. The smallest absolute Gasteiger partial charge is 0.273 e. The van der Waals surface area contributed by atoms with Crippen LogP contribution in [-0.2, 0) is 4.79 Å². The molecule has 2 aromatic carbocycles. The molecule has 0 radical (unpaired) electrons. The van der Waals surface area contributed by atoms with Crippen molar-refractivity contribution in [2.75, 3.05) is 42.8 Å². The van der Waals surface area contributed by atoms with E-state index in [1.54, 1.807) is 18.2 Å². The number of primary amides is 1. The van der Waals surface area contributed by atoms with Crippen molar-refractivity contribution in [3.63, 3.8) is 0 Å². The molecule has 1 atom stereocenters. The second kappa shape index (κ2) is 11.4. The van der Waals surface area contributed by atoms with Crippen LogP contribution in [0.1, 0.15) is 59.0 Å². The highest BCUT2D eigenvalue weighted by Gasteiger charge is 2.38. The highest BCUT2D eigenvalue weighted by molar-refractivity contribution is 7.09. The van der Waals surface area contributed by atoms with E-state index in [0.717, 1.165) is 17.2 Å². The molecule has 40 heavy (non-hydrogen) atoms. The van der Waals surface area contributed by atoms with Crippen molar-refractivity contribution in [3.05, 3.63) is 58.6 Å². The molecule has 11 nitrogen and oxygen atoms in total. The number of carbonyl (C=O) groups excluding carboxylic acids is 3. The topological polar surface area (TPSA) is 153 Å². The summed E-state index contributed by atoms with van der Waals surface area (Å²) in [4.78, 5) is 43.5. The van der Waals surface area contributed by atoms with E-state index in [0.29, 0.717) is 42.4 Å². The van der Waals surface area contributed by atoms with Gasteiger partial charge in [0.05, 0.1) is 5.69 Å². The number of hydrogen-bond acceptors (Lipinski definition) is 9. The van der Waals surface area contributed by atoms with Crippen molar-refractivity contribution in [1.82, 2.24) is 9.69 Å². The SMILES string of the molecule is CCC(C)(C)NC(=O)C(c1ccc(N(C)C)cc1)N(C(=O)c1snc(C(N)=O)c1N)c1ccc2c(c1)OCCO2. The molecular weight excluding hydrogens is 532 g/mol. The Morgan fingerprint density at radius 3 is 2.25 bits per heavy atom. The summed E-state index contributed by atoms with van der Waals surface area (Å²) >= 11 is 0.751. The molecule has 1 aromatic heterocycles. The summed E-state index contributed by atoms with van der Waals surface area (Å²) in [5.74, 6) is -0.903. The molecule has 3 aromatic rings. The Labute approximate surface area is 237 Å². The molecule has 1 aliphatic rings. The number of hydrogen-bond donors (Lipinski definition) is 3. The Morgan fingerprint density at radius 2 is 1.68 bits per heavy atom. The molecule has 5 N–H and O–H groups in total. The van der Waals surface area contributed by atoms with Gasteiger partial charge in [-0.15, -0.1) is 0 Å². The number of nitrogens with one attached hydrogen (secondary N) is 1. The Bertz CT molecular complexity index is 1420. The second-order valence-electron chi connectivity index (χ2n) is 10.3. The van der Waals surface area contributed by atoms with Crippen molar-refractivity contribution in [3.8, 4) is 11.5 Å². The Balaban J connectivity index is 1.92. The first-order valence-electron chi connectivity index (χ1n) is 12.8. The monoisotopic (exact) mass is 566 g/mol. The Hall–Kier alpha value is -4.32. The van der Waals surface area contributed by atoms with Gasteiger partial charge in [-0.25, -0.2) is 0 Å². The molecule has 0 bridgehead atoms. The van der Waals surface area contributed by atoms with Crippen LogP contribution in [0.2, 0.25) is 0 Å². The van der Waals surface area contributed by atoms with Gasteiger partial charge in [0, 0.05) is 37.1 Å². The largest absolute Gasteiger partial charge is 0.486 e. The second-order valence-corrected chi connectivity index (χ2v) is 11.0. The summed E-state index contributed by atoms with van der Waals surface area (Å²) in [5.41, 5.74) is 12.6. The average Bonchev–Trinajstić information content (AvgIpc) is 3.32. The minimum atomic E-state index is -1.12. The molecule has 212 valence electrons. The minimum Gasteiger partial charge on any atom is -0.486 e. The number of nitrogen functional groups attached to an aromatic ring is 1. The third-order valence-corrected chi connectivity index (χ3v) is 7.61. The van der Waals surface area contributed by atoms with Crippen LogP contribution in [0.3, 0.4) is 0 Å². The lowest BCUT2D eigenvalue weighted by atomic mass is 9.97. The standard InChI is InChI=1S/C28H34N6O5S/c1-6-28(2,3)31-26(36)23(16-7-9-17(10-8-16)33(4)5)34(18-11-12-19-20(15-18)39-14-13-38-19)27(37)24-21(29)22(25(30)35)32-40-24/h7-12,15,23H,6,13-14,29H2,1-5H3,(H2,30,35)(H,31,36). The van der Waals surface area contributed by atoms with Crippen LogP contribution in [0.5, 0.6) is 11.5 Å². The molecule has 2 heterocycles. The van der Waals surface area contributed by atoms with Gasteiger partial charge >= 0.3 is 0 Å². The van der Waals surface area contributed by atoms with Crippen molar-refractivity contribution < 1.29 is 23.9 Å². The van der Waals surface area contributed by atoms with Crippen LogP contribution in [0, 0.1) is 0 Å². The molecule has 0 saturated carbocycles. The van der Waals surface area contributed by atoms with Crippen molar-refractivity contribution in [2.24, 2.45) is 5.73 Å². The fourth-order valence-corrected chi connectivity index (χ4v) is 4.91. The van der Waals surface area contributed by atoms with E-state index in [2.05, 4.69) is 9.69 Å². The molecule has 0 saturated heterocycles. The van der Waals surface area contributed by atoms with Gasteiger partial charge in [0.1, 0.15) is 24.1 Å². The van der Waals surface area contributed by atoms with Crippen molar-refractivity contribution >= 4 is 46.3 Å². The molecule has 0 spiro atoms. The highest BCUT2D eigenvalue weighted by Crippen LogP contribution is 2.39. The predicted octanol–water partition coefficient (Wildman–Crippen LogP) is 3.35. The van der Waals surface area contributed by atoms with E-state index < -0.39 is 29.3 Å². The number of ether oxygens (including phenoxy) is 2. The van der Waals surface area contributed by atoms with Gasteiger partial charge in [0.25, 0.3) is 11.8 Å². The number of aromatic nitrogens is 1. The molecule has 0 fully saturated rings. The maximum absolute atomic E-state index is 14.3. The fourth-order valence-electron chi connectivity index (χ4n) is 4.17. The zero-order valence-electron chi connectivity index (χ0n) is 23.2. The molecule has 3 amide bonds. The van der Waals surface area contributed by atoms with E-state index >= 15 is 0 Å². The average molecular weight is 567 g/mol. The number of fused-ring (bicyclic) bond motifs is 1. The molecule has 1 unspecified atom stereocenters. The number of anilines is 3. The summed E-state index contributed by atoms with van der Waals surface area (Å²) in [6, 6.07) is 11.3. The molecule has 4 rings (SSSR count). The van der Waals surface area contributed by atoms with Gasteiger partial charge in [0.15, 0.2) is 17.2 Å². The van der Waals surface area contributed by atoms with Gasteiger partial charge < -0.3 is 31.2 Å². The molecule has 12 heteroatoms. The lowest BCUT2D eigenvalue weighted by molar-refractivity contribution is -0.124. The maximum atomic E-state index is 14.3. The lowest BCUT2D eigenvalue weighted by Crippen LogP contribution is -2.50. The third kappa shape index (κ3) is 5.81. The predicted molar refractivity (Wildman–Crippen MR) is 155 cm³/mol. The number of nitrogens with two attached hydrogens (primary N) is 2. The number of rotatable bonds is 9. The molecule has 1 aliphatic heterocycles. The van der Waals surface area contributed by atoms with Gasteiger partial charge in [-0.3, -0.25) is 19.3 Å². The van der Waals surface area contributed by atoms with E-state index in [9.17, 15) is 14.4 Å². The number of amides is 3. The quantitative estimate of drug-likeness (QED) is 0.356. The minimum absolute atomic E-state index is 0.0128. The van der Waals surface area contributed by atoms with E-state index in [1.165, 1.54) is 4.90 Å². The van der Waals surface area contributed by atoms with E-state index in [4.69, 9.17) is 20.9 Å². The van der Waals surface area contributed by atoms with Crippen LogP contribution in [0.25, 0.3) is 0 Å². The summed E-state index contributed by atoms with van der Waals surface area (Å²) in [5, 5.41) is 3.08. The fraction of sp³-hybridized carbons (Fsp3) is 0.357. The van der Waals surface area contributed by atoms with Gasteiger partial charge in [-0.05, 0) is 61.6 Å². The van der Waals surface area contributed by atoms with Crippen LogP contribution in [0.4, 0.5) is 17.1 Å². The highest BCUT2D eigenvalue weighted by atomic mass is 32.1. The Kier molecular flexibility index (Phi) is 8.19. The van der Waals surface area contributed by atoms with Gasteiger partial charge in [-0.2, -0.15) is 4.37 Å². The van der Waals surface area contributed by atoms with E-state index in [-0.39, 0.29) is 16.3 Å².